The highest BCUT2D eigenvalue weighted by atomic mass is 35.5. The zero-order chi connectivity index (χ0) is 21.9. The van der Waals surface area contributed by atoms with E-state index in [4.69, 9.17) is 16.0 Å². The largest absolute Gasteiger partial charge is 0.450 e. The van der Waals surface area contributed by atoms with E-state index in [1.54, 1.807) is 55.5 Å². The van der Waals surface area contributed by atoms with Crippen molar-refractivity contribution in [3.05, 3.63) is 91.2 Å². The quantitative estimate of drug-likeness (QED) is 0.402. The molecule has 0 bridgehead atoms. The highest BCUT2D eigenvalue weighted by Crippen LogP contribution is 2.43. The van der Waals surface area contributed by atoms with E-state index in [0.717, 1.165) is 11.3 Å². The third-order valence-electron chi connectivity index (χ3n) is 5.25. The Hall–Kier alpha value is -3.29. The van der Waals surface area contributed by atoms with Crippen molar-refractivity contribution in [1.82, 2.24) is 4.98 Å². The topological polar surface area (TPSA) is 80.5 Å². The molecule has 0 saturated heterocycles. The lowest BCUT2D eigenvalue weighted by Crippen LogP contribution is -2.29. The van der Waals surface area contributed by atoms with Crippen LogP contribution in [0.1, 0.15) is 50.0 Å². The molecule has 0 radical (unpaired) electrons. The fourth-order valence-corrected chi connectivity index (χ4v) is 5.11. The number of carbonyl (C=O) groups is 2. The summed E-state index contributed by atoms with van der Waals surface area (Å²) in [4.78, 5) is 45.3. The number of para-hydroxylation sites is 1. The van der Waals surface area contributed by atoms with E-state index >= 15 is 0 Å². The van der Waals surface area contributed by atoms with E-state index in [1.807, 2.05) is 0 Å². The first-order valence-corrected chi connectivity index (χ1v) is 10.7. The summed E-state index contributed by atoms with van der Waals surface area (Å²) in [5.74, 6) is -0.637. The predicted octanol–water partition coefficient (Wildman–Crippen LogP) is 5.16. The second-order valence-electron chi connectivity index (χ2n) is 7.27. The van der Waals surface area contributed by atoms with Crippen LogP contribution in [0.25, 0.3) is 11.0 Å². The minimum atomic E-state index is -0.771. The second kappa shape index (κ2) is 7.14. The number of thiazole rings is 1. The molecule has 3 heterocycles. The van der Waals surface area contributed by atoms with Gasteiger partial charge in [0.1, 0.15) is 5.58 Å². The Morgan fingerprint density at radius 3 is 2.65 bits per heavy atom. The average Bonchev–Trinajstić information content (AvgIpc) is 3.26. The lowest BCUT2D eigenvalue weighted by atomic mass is 9.99. The number of ketones is 1. The minimum Gasteiger partial charge on any atom is -0.450 e. The van der Waals surface area contributed by atoms with Crippen LogP contribution in [0, 0.1) is 6.92 Å². The average molecular weight is 451 g/mol. The van der Waals surface area contributed by atoms with Gasteiger partial charge in [0.25, 0.3) is 5.91 Å². The number of aryl methyl sites for hydroxylation is 1. The summed E-state index contributed by atoms with van der Waals surface area (Å²) in [5.41, 5.74) is 1.48. The number of aromatic nitrogens is 1. The van der Waals surface area contributed by atoms with E-state index in [9.17, 15) is 14.4 Å². The van der Waals surface area contributed by atoms with Crippen LogP contribution in [0.4, 0.5) is 5.13 Å². The molecule has 0 saturated carbocycles. The number of benzene rings is 2. The normalized spacial score (nSPS) is 15.5. The van der Waals surface area contributed by atoms with Crippen LogP contribution in [-0.4, -0.2) is 16.7 Å². The lowest BCUT2D eigenvalue weighted by Gasteiger charge is -2.22. The Kier molecular flexibility index (Phi) is 4.53. The first-order valence-electron chi connectivity index (χ1n) is 9.50. The zero-order valence-corrected chi connectivity index (χ0v) is 18.1. The summed E-state index contributed by atoms with van der Waals surface area (Å²) in [5, 5.41) is 1.19. The van der Waals surface area contributed by atoms with Crippen molar-refractivity contribution in [3.63, 3.8) is 0 Å². The van der Waals surface area contributed by atoms with Crippen molar-refractivity contribution in [3.8, 4) is 0 Å². The van der Waals surface area contributed by atoms with Crippen molar-refractivity contribution >= 4 is 50.7 Å². The highest BCUT2D eigenvalue weighted by molar-refractivity contribution is 7.17. The number of hydrogen-bond donors (Lipinski definition) is 0. The van der Waals surface area contributed by atoms with Crippen molar-refractivity contribution in [2.45, 2.75) is 19.9 Å². The van der Waals surface area contributed by atoms with Crippen molar-refractivity contribution < 1.29 is 14.0 Å². The van der Waals surface area contributed by atoms with Gasteiger partial charge in [-0.3, -0.25) is 19.3 Å². The molecule has 1 aliphatic heterocycles. The third-order valence-corrected chi connectivity index (χ3v) is 6.75. The molecule has 4 aromatic rings. The molecule has 31 heavy (non-hydrogen) atoms. The van der Waals surface area contributed by atoms with Crippen LogP contribution in [0.2, 0.25) is 5.02 Å². The number of anilines is 1. The minimum absolute atomic E-state index is 0.0223. The Labute approximate surface area is 185 Å². The van der Waals surface area contributed by atoms with Crippen molar-refractivity contribution in [1.29, 1.82) is 0 Å². The molecule has 1 aliphatic rings. The molecule has 8 heteroatoms. The van der Waals surface area contributed by atoms with Gasteiger partial charge in [-0.05, 0) is 36.8 Å². The number of nitrogens with zero attached hydrogens (tertiary/aromatic N) is 2. The van der Waals surface area contributed by atoms with E-state index in [0.29, 0.717) is 37.3 Å². The third kappa shape index (κ3) is 3.00. The van der Waals surface area contributed by atoms with Crippen LogP contribution in [0.15, 0.2) is 57.7 Å². The van der Waals surface area contributed by atoms with Crippen LogP contribution in [-0.2, 0) is 0 Å². The monoisotopic (exact) mass is 450 g/mol. The van der Waals surface area contributed by atoms with Crippen LogP contribution < -0.4 is 10.3 Å². The maximum atomic E-state index is 13.5. The molecule has 0 fully saturated rings. The van der Waals surface area contributed by atoms with Gasteiger partial charge < -0.3 is 4.42 Å². The standard InChI is InChI=1S/C23H15ClN2O4S/c1-11-21(12(2)27)31-23(25-11)26-18(13-6-5-7-14(24)10-13)17-19(28)15-8-3-4-9-16(15)30-20(17)22(26)29/h3-10,18H,1-2H3/t18-/m1/s1. The molecule has 1 atom stereocenters. The van der Waals surface area contributed by atoms with Gasteiger partial charge in [-0.15, -0.1) is 0 Å². The number of amides is 1. The van der Waals surface area contributed by atoms with Gasteiger partial charge in [0.15, 0.2) is 16.3 Å². The smallest absolute Gasteiger partial charge is 0.297 e. The maximum Gasteiger partial charge on any atom is 0.297 e. The first-order chi connectivity index (χ1) is 14.9. The van der Waals surface area contributed by atoms with Crippen LogP contribution >= 0.6 is 22.9 Å². The molecule has 1 amide bonds. The fourth-order valence-electron chi connectivity index (χ4n) is 3.92. The Morgan fingerprint density at radius 1 is 1.16 bits per heavy atom. The van der Waals surface area contributed by atoms with Gasteiger partial charge in [-0.1, -0.05) is 47.2 Å². The highest BCUT2D eigenvalue weighted by Gasteiger charge is 2.45. The van der Waals surface area contributed by atoms with Gasteiger partial charge in [0.05, 0.1) is 27.6 Å². The molecule has 6 nitrogen and oxygen atoms in total. The van der Waals surface area contributed by atoms with Gasteiger partial charge in [0, 0.05) is 11.9 Å². The molecule has 0 spiro atoms. The molecule has 0 aliphatic carbocycles. The summed E-state index contributed by atoms with van der Waals surface area (Å²) in [6, 6.07) is 13.0. The number of Topliss-reactive ketones (excluding diaryl/α,β-unsaturated/α-hetero) is 1. The number of carbonyl (C=O) groups excluding carboxylic acids is 2. The molecule has 0 unspecified atom stereocenters. The van der Waals surface area contributed by atoms with E-state index in [-0.39, 0.29) is 22.5 Å². The number of rotatable bonds is 3. The van der Waals surface area contributed by atoms with Crippen LogP contribution in [0.3, 0.4) is 0 Å². The number of fused-ring (bicyclic) bond motifs is 2. The molecular weight excluding hydrogens is 436 g/mol. The molecule has 0 N–H and O–H groups in total. The second-order valence-corrected chi connectivity index (χ2v) is 8.68. The van der Waals surface area contributed by atoms with Crippen molar-refractivity contribution in [2.24, 2.45) is 0 Å². The molecule has 154 valence electrons. The predicted molar refractivity (Wildman–Crippen MR) is 119 cm³/mol. The molecule has 2 aromatic heterocycles. The Balaban J connectivity index is 1.81. The van der Waals surface area contributed by atoms with Gasteiger partial charge in [-0.2, -0.15) is 0 Å². The van der Waals surface area contributed by atoms with E-state index in [2.05, 4.69) is 4.98 Å². The van der Waals surface area contributed by atoms with Crippen LogP contribution in [0.5, 0.6) is 0 Å². The first kappa shape index (κ1) is 19.7. The zero-order valence-electron chi connectivity index (χ0n) is 16.5. The van der Waals surface area contributed by atoms with Gasteiger partial charge in [0.2, 0.25) is 5.76 Å². The lowest BCUT2D eigenvalue weighted by molar-refractivity contribution is 0.0969. The van der Waals surface area contributed by atoms with Crippen molar-refractivity contribution in [2.75, 3.05) is 4.90 Å². The van der Waals surface area contributed by atoms with E-state index < -0.39 is 11.9 Å². The molecule has 5 rings (SSSR count). The summed E-state index contributed by atoms with van der Waals surface area (Å²) in [6.45, 7) is 3.17. The molecule has 2 aromatic carbocycles. The summed E-state index contributed by atoms with van der Waals surface area (Å²) < 4.78 is 5.90. The Bertz CT molecular complexity index is 1460. The maximum absolute atomic E-state index is 13.5. The summed E-state index contributed by atoms with van der Waals surface area (Å²) in [7, 11) is 0. The molecular formula is C23H15ClN2O4S. The SMILES string of the molecule is CC(=O)c1sc(N2C(=O)c3oc4ccccc4c(=O)c3[C@H]2c2cccc(Cl)c2)nc1C. The fraction of sp³-hybridized carbons (Fsp3) is 0.130. The number of halogens is 1. The van der Waals surface area contributed by atoms with Gasteiger partial charge in [-0.25, -0.2) is 4.98 Å². The van der Waals surface area contributed by atoms with E-state index in [1.165, 1.54) is 11.8 Å². The summed E-state index contributed by atoms with van der Waals surface area (Å²) in [6.07, 6.45) is 0. The van der Waals surface area contributed by atoms with Gasteiger partial charge >= 0.3 is 0 Å². The Morgan fingerprint density at radius 2 is 1.94 bits per heavy atom. The number of hydrogen-bond acceptors (Lipinski definition) is 6. The summed E-state index contributed by atoms with van der Waals surface area (Å²) >= 11 is 7.34.